The van der Waals surface area contributed by atoms with Gasteiger partial charge >= 0.3 is 0 Å². The van der Waals surface area contributed by atoms with Crippen molar-refractivity contribution in [3.8, 4) is 0 Å². The fourth-order valence-corrected chi connectivity index (χ4v) is 5.18. The molecule has 0 aliphatic carbocycles. The monoisotopic (exact) mass is 317 g/mol. The SMILES string of the molecule is CC(C)(NS(=O)(=O)c1ccsc1CN)c1nccs1. The lowest BCUT2D eigenvalue weighted by atomic mass is 10.1. The van der Waals surface area contributed by atoms with E-state index in [1.807, 2.05) is 5.38 Å². The summed E-state index contributed by atoms with van der Waals surface area (Å²) in [5, 5.41) is 4.27. The van der Waals surface area contributed by atoms with Crippen molar-refractivity contribution < 1.29 is 8.42 Å². The zero-order chi connectivity index (χ0) is 14.1. The molecule has 0 amide bonds. The first-order chi connectivity index (χ1) is 8.87. The number of nitrogens with one attached hydrogen (secondary N) is 1. The zero-order valence-corrected chi connectivity index (χ0v) is 13.0. The largest absolute Gasteiger partial charge is 0.326 e. The van der Waals surface area contributed by atoms with Crippen molar-refractivity contribution in [1.29, 1.82) is 0 Å². The summed E-state index contributed by atoms with van der Waals surface area (Å²) in [6, 6.07) is 1.58. The molecule has 0 radical (unpaired) electrons. The molecule has 0 saturated carbocycles. The molecule has 2 heterocycles. The molecule has 2 aromatic rings. The summed E-state index contributed by atoms with van der Waals surface area (Å²) in [7, 11) is -3.60. The van der Waals surface area contributed by atoms with Crippen molar-refractivity contribution in [2.75, 3.05) is 0 Å². The molecule has 104 valence electrons. The Morgan fingerprint density at radius 1 is 1.37 bits per heavy atom. The molecule has 0 unspecified atom stereocenters. The molecule has 19 heavy (non-hydrogen) atoms. The van der Waals surface area contributed by atoms with Crippen molar-refractivity contribution in [2.24, 2.45) is 5.73 Å². The van der Waals surface area contributed by atoms with Crippen LogP contribution in [0.15, 0.2) is 27.9 Å². The number of rotatable bonds is 5. The van der Waals surface area contributed by atoms with E-state index in [9.17, 15) is 8.42 Å². The van der Waals surface area contributed by atoms with Gasteiger partial charge in [-0.25, -0.2) is 13.4 Å². The molecule has 3 N–H and O–H groups in total. The summed E-state index contributed by atoms with van der Waals surface area (Å²) in [5.41, 5.74) is 4.81. The lowest BCUT2D eigenvalue weighted by molar-refractivity contribution is 0.469. The smallest absolute Gasteiger partial charge is 0.242 e. The number of thiazole rings is 1. The normalized spacial score (nSPS) is 12.8. The van der Waals surface area contributed by atoms with E-state index >= 15 is 0 Å². The second-order valence-corrected chi connectivity index (χ2v) is 8.03. The standard InChI is InChI=1S/C11H15N3O2S3/c1-11(2,10-13-4-6-18-10)14-19(15,16)9-3-5-17-8(9)7-12/h3-6,14H,7,12H2,1-2H3. The molecule has 2 rings (SSSR count). The molecule has 8 heteroatoms. The molecular weight excluding hydrogens is 302 g/mol. The van der Waals surface area contributed by atoms with Gasteiger partial charge in [0, 0.05) is 23.0 Å². The third kappa shape index (κ3) is 3.03. The number of hydrogen-bond donors (Lipinski definition) is 2. The Morgan fingerprint density at radius 2 is 2.11 bits per heavy atom. The summed E-state index contributed by atoms with van der Waals surface area (Å²) in [6.07, 6.45) is 1.66. The van der Waals surface area contributed by atoms with Gasteiger partial charge in [-0.3, -0.25) is 0 Å². The number of nitrogens with zero attached hydrogens (tertiary/aromatic N) is 1. The summed E-state index contributed by atoms with van der Waals surface area (Å²) in [5.74, 6) is 0. The maximum Gasteiger partial charge on any atom is 0.242 e. The highest BCUT2D eigenvalue weighted by Gasteiger charge is 2.31. The van der Waals surface area contributed by atoms with Crippen molar-refractivity contribution in [3.63, 3.8) is 0 Å². The Balaban J connectivity index is 2.32. The Hall–Kier alpha value is -0.800. The minimum atomic E-state index is -3.60. The van der Waals surface area contributed by atoms with Crippen LogP contribution in [0.4, 0.5) is 0 Å². The minimum Gasteiger partial charge on any atom is -0.326 e. The summed E-state index contributed by atoms with van der Waals surface area (Å²) in [6.45, 7) is 3.79. The predicted octanol–water partition coefficient (Wildman–Crippen LogP) is 1.88. The van der Waals surface area contributed by atoms with Crippen molar-refractivity contribution >= 4 is 32.7 Å². The first kappa shape index (κ1) is 14.6. The molecule has 0 saturated heterocycles. The molecule has 0 atom stereocenters. The number of thiophene rings is 1. The summed E-state index contributed by atoms with van der Waals surface area (Å²) < 4.78 is 27.5. The van der Waals surface area contributed by atoms with Crippen LogP contribution in [0, 0.1) is 0 Å². The fourth-order valence-electron chi connectivity index (χ4n) is 1.68. The Kier molecular flexibility index (Phi) is 4.07. The second-order valence-electron chi connectivity index (χ2n) is 4.48. The third-order valence-electron chi connectivity index (χ3n) is 2.54. The Bertz CT molecular complexity index is 645. The highest BCUT2D eigenvalue weighted by atomic mass is 32.2. The summed E-state index contributed by atoms with van der Waals surface area (Å²) >= 11 is 2.76. The van der Waals surface area contributed by atoms with E-state index in [-0.39, 0.29) is 11.4 Å². The van der Waals surface area contributed by atoms with E-state index in [2.05, 4.69) is 9.71 Å². The zero-order valence-electron chi connectivity index (χ0n) is 10.6. The Labute approximate surface area is 120 Å². The molecule has 5 nitrogen and oxygen atoms in total. The van der Waals surface area contributed by atoms with Gasteiger partial charge in [-0.2, -0.15) is 4.72 Å². The topological polar surface area (TPSA) is 85.1 Å². The molecule has 0 spiro atoms. The van der Waals surface area contributed by atoms with Crippen LogP contribution in [-0.2, 0) is 22.1 Å². The van der Waals surface area contributed by atoms with Crippen molar-refractivity contribution in [1.82, 2.24) is 9.71 Å². The van der Waals surface area contributed by atoms with E-state index in [4.69, 9.17) is 5.73 Å². The second kappa shape index (κ2) is 5.29. The van der Waals surface area contributed by atoms with E-state index in [1.54, 1.807) is 31.5 Å². The van der Waals surface area contributed by atoms with Crippen LogP contribution < -0.4 is 10.5 Å². The predicted molar refractivity (Wildman–Crippen MR) is 77.7 cm³/mol. The average molecular weight is 317 g/mol. The van der Waals surface area contributed by atoms with Crippen LogP contribution in [-0.4, -0.2) is 13.4 Å². The van der Waals surface area contributed by atoms with E-state index in [0.717, 1.165) is 5.01 Å². The highest BCUT2D eigenvalue weighted by Crippen LogP contribution is 2.27. The van der Waals surface area contributed by atoms with Gasteiger partial charge in [0.1, 0.15) is 5.01 Å². The van der Waals surface area contributed by atoms with Gasteiger partial charge < -0.3 is 5.73 Å². The molecule has 2 aromatic heterocycles. The van der Waals surface area contributed by atoms with E-state index < -0.39 is 15.6 Å². The third-order valence-corrected chi connectivity index (χ3v) is 6.45. The van der Waals surface area contributed by atoms with Crippen LogP contribution in [0.5, 0.6) is 0 Å². The number of sulfonamides is 1. The van der Waals surface area contributed by atoms with Crippen molar-refractivity contribution in [2.45, 2.75) is 30.8 Å². The number of hydrogen-bond acceptors (Lipinski definition) is 6. The lowest BCUT2D eigenvalue weighted by Crippen LogP contribution is -2.41. The average Bonchev–Trinajstić information content (AvgIpc) is 2.99. The van der Waals surface area contributed by atoms with Crippen LogP contribution >= 0.6 is 22.7 Å². The lowest BCUT2D eigenvalue weighted by Gasteiger charge is -2.23. The van der Waals surface area contributed by atoms with Gasteiger partial charge in [-0.15, -0.1) is 22.7 Å². The first-order valence-corrected chi connectivity index (χ1v) is 8.81. The molecule has 0 fully saturated rings. The summed E-state index contributed by atoms with van der Waals surface area (Å²) in [4.78, 5) is 5.07. The molecule has 0 aliphatic heterocycles. The van der Waals surface area contributed by atoms with Gasteiger partial charge in [-0.05, 0) is 25.3 Å². The van der Waals surface area contributed by atoms with Crippen LogP contribution in [0.2, 0.25) is 0 Å². The van der Waals surface area contributed by atoms with Gasteiger partial charge in [0.2, 0.25) is 10.0 Å². The quantitative estimate of drug-likeness (QED) is 0.881. The maximum absolute atomic E-state index is 12.4. The number of nitrogens with two attached hydrogens (primary N) is 1. The van der Waals surface area contributed by atoms with E-state index in [1.165, 1.54) is 22.7 Å². The van der Waals surface area contributed by atoms with Crippen LogP contribution in [0.3, 0.4) is 0 Å². The molecule has 0 aromatic carbocycles. The van der Waals surface area contributed by atoms with Gasteiger partial charge in [0.25, 0.3) is 0 Å². The fraction of sp³-hybridized carbons (Fsp3) is 0.364. The van der Waals surface area contributed by atoms with Gasteiger partial charge in [0.05, 0.1) is 10.4 Å². The van der Waals surface area contributed by atoms with Crippen LogP contribution in [0.25, 0.3) is 0 Å². The minimum absolute atomic E-state index is 0.214. The molecule has 0 bridgehead atoms. The molecular formula is C11H15N3O2S3. The highest BCUT2D eigenvalue weighted by molar-refractivity contribution is 7.89. The number of aromatic nitrogens is 1. The first-order valence-electron chi connectivity index (χ1n) is 5.57. The van der Waals surface area contributed by atoms with Gasteiger partial charge in [0.15, 0.2) is 0 Å². The maximum atomic E-state index is 12.4. The Morgan fingerprint density at radius 3 is 2.68 bits per heavy atom. The molecule has 0 aliphatic rings. The van der Waals surface area contributed by atoms with Gasteiger partial charge in [-0.1, -0.05) is 0 Å². The van der Waals surface area contributed by atoms with E-state index in [0.29, 0.717) is 4.88 Å². The van der Waals surface area contributed by atoms with Crippen LogP contribution in [0.1, 0.15) is 23.7 Å². The van der Waals surface area contributed by atoms with Crippen molar-refractivity contribution in [3.05, 3.63) is 32.9 Å².